The van der Waals surface area contributed by atoms with Crippen molar-refractivity contribution in [3.05, 3.63) is 0 Å². The van der Waals surface area contributed by atoms with E-state index in [1.165, 1.54) is 5.06 Å². The lowest BCUT2D eigenvalue weighted by molar-refractivity contribution is -0.160. The molecular weight excluding hydrogens is 96.0 g/mol. The number of hydrogen-bond acceptors (Lipinski definition) is 5. The average Bonchev–Trinajstić information content (AvgIpc) is 1.72. The van der Waals surface area contributed by atoms with Crippen molar-refractivity contribution in [1.29, 1.82) is 0 Å². The van der Waals surface area contributed by atoms with Crippen LogP contribution in [0.1, 0.15) is 0 Å². The van der Waals surface area contributed by atoms with Gasteiger partial charge in [0.2, 0.25) is 0 Å². The average molecular weight is 106 g/mol. The highest BCUT2D eigenvalue weighted by Crippen LogP contribution is 1.70. The van der Waals surface area contributed by atoms with Crippen LogP contribution < -0.4 is 17.4 Å². The Kier molecular flexibility index (Phi) is 3.86. The van der Waals surface area contributed by atoms with Crippen LogP contribution in [0.5, 0.6) is 0 Å². The van der Waals surface area contributed by atoms with E-state index in [2.05, 4.69) is 10.8 Å². The van der Waals surface area contributed by atoms with Gasteiger partial charge in [0, 0.05) is 0 Å². The maximum atomic E-state index is 5.03. The summed E-state index contributed by atoms with van der Waals surface area (Å²) in [5, 5.41) is 1.21. The van der Waals surface area contributed by atoms with Crippen LogP contribution in [0.25, 0.3) is 0 Å². The molecule has 0 unspecified atom stereocenters. The molecule has 0 saturated carbocycles. The fraction of sp³-hybridized carbons (Fsp3) is 1.00. The molecule has 0 spiro atoms. The first kappa shape index (κ1) is 6.80. The van der Waals surface area contributed by atoms with Crippen LogP contribution in [-0.4, -0.2) is 18.4 Å². The molecule has 0 aliphatic rings. The molecule has 0 fully saturated rings. The highest BCUT2D eigenvalue weighted by molar-refractivity contribution is 4.25. The maximum absolute atomic E-state index is 5.03. The smallest absolute Gasteiger partial charge is 0.0740 e. The fourth-order valence-corrected chi connectivity index (χ4v) is 0.161. The van der Waals surface area contributed by atoms with Crippen LogP contribution in [0.15, 0.2) is 0 Å². The number of hydroxylamine groups is 2. The molecule has 0 aliphatic carbocycles. The minimum absolute atomic E-state index is 0.215. The Balaban J connectivity index is 2.99. The third-order valence-electron chi connectivity index (χ3n) is 0.556. The summed E-state index contributed by atoms with van der Waals surface area (Å²) in [5.74, 6) is 4.66. The van der Waals surface area contributed by atoms with E-state index in [0.717, 1.165) is 0 Å². The lowest BCUT2D eigenvalue weighted by atomic mass is 11.0. The first-order valence-corrected chi connectivity index (χ1v) is 1.87. The molecule has 0 atom stereocenters. The zero-order chi connectivity index (χ0) is 5.70. The van der Waals surface area contributed by atoms with Gasteiger partial charge in [-0.25, -0.2) is 4.94 Å². The van der Waals surface area contributed by atoms with Gasteiger partial charge in [-0.15, -0.1) is 5.06 Å². The molecule has 0 aliphatic heterocycles. The minimum Gasteiger partial charge on any atom is -0.316 e. The molecule has 0 bridgehead atoms. The monoisotopic (exact) mass is 106 g/mol. The molecule has 5 nitrogen and oxygen atoms in total. The topological polar surface area (TPSA) is 90.5 Å². The largest absolute Gasteiger partial charge is 0.316 e. The lowest BCUT2D eigenvalue weighted by Crippen LogP contribution is -2.37. The predicted octanol–water partition coefficient (Wildman–Crippen LogP) is -2.07. The molecule has 6 N–H and O–H groups in total. The molecule has 44 valence electrons. The van der Waals surface area contributed by atoms with Crippen molar-refractivity contribution in [3.8, 4) is 0 Å². The maximum Gasteiger partial charge on any atom is 0.0740 e. The summed E-state index contributed by atoms with van der Waals surface area (Å²) in [5.41, 5.74) is 10.1. The van der Waals surface area contributed by atoms with E-state index in [0.29, 0.717) is 0 Å². The SMILES string of the molecule is NCN(CN)ON. The van der Waals surface area contributed by atoms with Gasteiger partial charge in [0.05, 0.1) is 13.3 Å². The molecule has 7 heavy (non-hydrogen) atoms. The van der Waals surface area contributed by atoms with Crippen molar-refractivity contribution in [3.63, 3.8) is 0 Å². The van der Waals surface area contributed by atoms with E-state index in [1.807, 2.05) is 0 Å². The third kappa shape index (κ3) is 2.49. The molecule has 0 heterocycles. The van der Waals surface area contributed by atoms with Gasteiger partial charge < -0.3 is 11.5 Å². The van der Waals surface area contributed by atoms with Crippen LogP contribution in [0.2, 0.25) is 0 Å². The Labute approximate surface area is 41.9 Å². The zero-order valence-electron chi connectivity index (χ0n) is 4.00. The number of nitrogens with two attached hydrogens (primary N) is 3. The van der Waals surface area contributed by atoms with E-state index >= 15 is 0 Å². The highest BCUT2D eigenvalue weighted by atomic mass is 16.8. The molecular formula is C2H10N4O. The quantitative estimate of drug-likeness (QED) is 0.284. The van der Waals surface area contributed by atoms with Gasteiger partial charge in [-0.2, -0.15) is 5.90 Å². The van der Waals surface area contributed by atoms with Crippen molar-refractivity contribution in [1.82, 2.24) is 5.06 Å². The summed E-state index contributed by atoms with van der Waals surface area (Å²) in [6, 6.07) is 0. The molecule has 0 aromatic heterocycles. The van der Waals surface area contributed by atoms with Gasteiger partial charge in [-0.05, 0) is 0 Å². The Hall–Kier alpha value is -0.200. The van der Waals surface area contributed by atoms with Crippen LogP contribution in [0.3, 0.4) is 0 Å². The van der Waals surface area contributed by atoms with Gasteiger partial charge in [0.25, 0.3) is 0 Å². The van der Waals surface area contributed by atoms with Crippen LogP contribution in [0, 0.1) is 0 Å². The van der Waals surface area contributed by atoms with E-state index in [4.69, 9.17) is 11.5 Å². The molecule has 0 radical (unpaired) electrons. The minimum atomic E-state index is 0.215. The van der Waals surface area contributed by atoms with E-state index in [1.54, 1.807) is 0 Å². The first-order valence-electron chi connectivity index (χ1n) is 1.87. The molecule has 5 heteroatoms. The molecule has 0 rings (SSSR count). The van der Waals surface area contributed by atoms with Crippen molar-refractivity contribution < 1.29 is 4.94 Å². The standard InChI is InChI=1S/C2H10N4O/c3-1-6(2-4)7-5/h1-5H2. The second kappa shape index (κ2) is 3.97. The van der Waals surface area contributed by atoms with Gasteiger partial charge in [-0.1, -0.05) is 0 Å². The van der Waals surface area contributed by atoms with Gasteiger partial charge >= 0.3 is 0 Å². The summed E-state index contributed by atoms with van der Waals surface area (Å²) in [6.45, 7) is 0.431. The lowest BCUT2D eigenvalue weighted by Gasteiger charge is -2.10. The summed E-state index contributed by atoms with van der Waals surface area (Å²) < 4.78 is 0. The van der Waals surface area contributed by atoms with Crippen LogP contribution >= 0.6 is 0 Å². The second-order valence-corrected chi connectivity index (χ2v) is 0.952. The number of nitrogens with zero attached hydrogens (tertiary/aromatic N) is 1. The summed E-state index contributed by atoms with van der Waals surface area (Å²) in [7, 11) is 0. The van der Waals surface area contributed by atoms with Crippen LogP contribution in [-0.2, 0) is 4.94 Å². The predicted molar refractivity (Wildman–Crippen MR) is 25.2 cm³/mol. The third-order valence-corrected chi connectivity index (χ3v) is 0.556. The Morgan fingerprint density at radius 3 is 1.71 bits per heavy atom. The highest BCUT2D eigenvalue weighted by Gasteiger charge is 1.91. The molecule has 0 amide bonds. The van der Waals surface area contributed by atoms with Crippen molar-refractivity contribution in [2.75, 3.05) is 13.3 Å². The van der Waals surface area contributed by atoms with Gasteiger partial charge in [-0.3, -0.25) is 0 Å². The Bertz CT molecular complexity index is 31.2. The van der Waals surface area contributed by atoms with E-state index in [9.17, 15) is 0 Å². The normalized spacial score (nSPS) is 10.3. The first-order chi connectivity index (χ1) is 3.35. The fourth-order valence-electron chi connectivity index (χ4n) is 0.161. The Morgan fingerprint density at radius 1 is 1.29 bits per heavy atom. The summed E-state index contributed by atoms with van der Waals surface area (Å²) in [6.07, 6.45) is 0. The molecule has 0 saturated heterocycles. The van der Waals surface area contributed by atoms with E-state index < -0.39 is 0 Å². The van der Waals surface area contributed by atoms with Crippen molar-refractivity contribution in [2.24, 2.45) is 17.4 Å². The van der Waals surface area contributed by atoms with Gasteiger partial charge in [0.15, 0.2) is 0 Å². The summed E-state index contributed by atoms with van der Waals surface area (Å²) >= 11 is 0. The second-order valence-electron chi connectivity index (χ2n) is 0.952. The number of rotatable bonds is 3. The Morgan fingerprint density at radius 2 is 1.71 bits per heavy atom. The summed E-state index contributed by atoms with van der Waals surface area (Å²) in [4.78, 5) is 4.13. The van der Waals surface area contributed by atoms with Crippen LogP contribution in [0.4, 0.5) is 0 Å². The molecule has 0 aromatic carbocycles. The van der Waals surface area contributed by atoms with Crippen molar-refractivity contribution >= 4 is 0 Å². The number of hydrogen-bond donors (Lipinski definition) is 3. The molecule has 0 aromatic rings. The van der Waals surface area contributed by atoms with E-state index in [-0.39, 0.29) is 13.3 Å². The van der Waals surface area contributed by atoms with Gasteiger partial charge in [0.1, 0.15) is 0 Å². The van der Waals surface area contributed by atoms with Crippen molar-refractivity contribution in [2.45, 2.75) is 0 Å². The zero-order valence-corrected chi connectivity index (χ0v) is 4.00.